The van der Waals surface area contributed by atoms with Crippen LogP contribution in [-0.2, 0) is 6.54 Å². The Morgan fingerprint density at radius 2 is 2.05 bits per heavy atom. The summed E-state index contributed by atoms with van der Waals surface area (Å²) in [6, 6.07) is 5.68. The van der Waals surface area contributed by atoms with Crippen LogP contribution in [0.5, 0.6) is 0 Å². The van der Waals surface area contributed by atoms with Gasteiger partial charge in [-0.15, -0.1) is 0 Å². The van der Waals surface area contributed by atoms with E-state index < -0.39 is 0 Å². The first kappa shape index (κ1) is 16.4. The second-order valence-corrected chi connectivity index (χ2v) is 7.32. The van der Waals surface area contributed by atoms with Gasteiger partial charge in [0, 0.05) is 24.7 Å². The van der Waals surface area contributed by atoms with Gasteiger partial charge in [0.1, 0.15) is 5.82 Å². The van der Waals surface area contributed by atoms with Crippen molar-refractivity contribution in [3.05, 3.63) is 35.1 Å². The van der Waals surface area contributed by atoms with Crippen LogP contribution in [0.2, 0.25) is 0 Å². The molecule has 0 bridgehead atoms. The van der Waals surface area contributed by atoms with Crippen LogP contribution in [0.25, 0.3) is 0 Å². The molecule has 0 amide bonds. The average molecular weight is 292 g/mol. The molecule has 1 aromatic carbocycles. The second kappa shape index (κ2) is 6.89. The fourth-order valence-corrected chi connectivity index (χ4v) is 2.95. The molecule has 2 rings (SSSR count). The molecule has 1 N–H and O–H groups in total. The molecule has 1 heterocycles. The van der Waals surface area contributed by atoms with E-state index in [4.69, 9.17) is 0 Å². The van der Waals surface area contributed by atoms with Crippen molar-refractivity contribution >= 4 is 0 Å². The topological polar surface area (TPSA) is 15.3 Å². The van der Waals surface area contributed by atoms with Crippen molar-refractivity contribution < 1.29 is 4.39 Å². The maximum absolute atomic E-state index is 13.5. The molecule has 0 radical (unpaired) electrons. The van der Waals surface area contributed by atoms with Crippen LogP contribution in [-0.4, -0.2) is 29.6 Å². The van der Waals surface area contributed by atoms with Crippen molar-refractivity contribution in [3.8, 4) is 0 Å². The summed E-state index contributed by atoms with van der Waals surface area (Å²) in [5.41, 5.74) is 2.46. The second-order valence-electron chi connectivity index (χ2n) is 7.32. The molecule has 21 heavy (non-hydrogen) atoms. The minimum atomic E-state index is -0.128. The number of aryl methyl sites for hydroxylation is 1. The summed E-state index contributed by atoms with van der Waals surface area (Å²) in [6.07, 6.45) is 3.78. The van der Waals surface area contributed by atoms with E-state index in [1.54, 1.807) is 12.1 Å². The minimum absolute atomic E-state index is 0.128. The lowest BCUT2D eigenvalue weighted by Gasteiger charge is -2.38. The quantitative estimate of drug-likeness (QED) is 0.906. The van der Waals surface area contributed by atoms with Crippen LogP contribution in [0.4, 0.5) is 4.39 Å². The number of hydrogen-bond acceptors (Lipinski definition) is 2. The summed E-state index contributed by atoms with van der Waals surface area (Å²) >= 11 is 0. The monoisotopic (exact) mass is 292 g/mol. The molecule has 1 fully saturated rings. The molecule has 1 atom stereocenters. The molecule has 3 heteroatoms. The Kier molecular flexibility index (Phi) is 5.39. The third-order valence-corrected chi connectivity index (χ3v) is 4.30. The number of rotatable bonds is 4. The van der Waals surface area contributed by atoms with Gasteiger partial charge in [-0.1, -0.05) is 12.5 Å². The third kappa shape index (κ3) is 5.08. The highest BCUT2D eigenvalue weighted by atomic mass is 19.1. The van der Waals surface area contributed by atoms with Crippen LogP contribution in [0, 0.1) is 12.7 Å². The molecule has 1 saturated heterocycles. The Morgan fingerprint density at radius 1 is 1.29 bits per heavy atom. The molecule has 2 nitrogen and oxygen atoms in total. The lowest BCUT2D eigenvalue weighted by atomic mass is 9.98. The Morgan fingerprint density at radius 3 is 2.76 bits per heavy atom. The van der Waals surface area contributed by atoms with Gasteiger partial charge in [-0.3, -0.25) is 4.90 Å². The Bertz CT molecular complexity index is 465. The van der Waals surface area contributed by atoms with Crippen LogP contribution in [0.3, 0.4) is 0 Å². The Labute approximate surface area is 128 Å². The minimum Gasteiger partial charge on any atom is -0.311 e. The maximum Gasteiger partial charge on any atom is 0.123 e. The summed E-state index contributed by atoms with van der Waals surface area (Å²) in [4.78, 5) is 2.52. The van der Waals surface area contributed by atoms with Gasteiger partial charge in [-0.2, -0.15) is 0 Å². The third-order valence-electron chi connectivity index (χ3n) is 4.30. The summed E-state index contributed by atoms with van der Waals surface area (Å²) in [6.45, 7) is 11.7. The SMILES string of the molecule is Cc1ccc(F)cc1CN1CCCCC1CNC(C)(C)C. The lowest BCUT2D eigenvalue weighted by Crippen LogP contribution is -2.49. The molecular weight excluding hydrogens is 263 g/mol. The van der Waals surface area contributed by atoms with E-state index >= 15 is 0 Å². The molecule has 0 aromatic heterocycles. The summed E-state index contributed by atoms with van der Waals surface area (Å²) in [5, 5.41) is 3.62. The standard InChI is InChI=1S/C18H29FN2/c1-14-8-9-16(19)11-15(14)13-21-10-6-5-7-17(21)12-20-18(2,3)4/h8-9,11,17,20H,5-7,10,12-13H2,1-4H3. The average Bonchev–Trinajstić information content (AvgIpc) is 2.41. The van der Waals surface area contributed by atoms with E-state index in [0.717, 1.165) is 25.2 Å². The van der Waals surface area contributed by atoms with Gasteiger partial charge in [0.05, 0.1) is 0 Å². The van der Waals surface area contributed by atoms with E-state index in [-0.39, 0.29) is 11.4 Å². The number of piperidine rings is 1. The van der Waals surface area contributed by atoms with Crippen molar-refractivity contribution in [2.24, 2.45) is 0 Å². The van der Waals surface area contributed by atoms with Crippen LogP contribution >= 0.6 is 0 Å². The molecule has 0 saturated carbocycles. The fourth-order valence-electron chi connectivity index (χ4n) is 2.95. The zero-order valence-corrected chi connectivity index (χ0v) is 13.9. The van der Waals surface area contributed by atoms with Gasteiger partial charge in [0.2, 0.25) is 0 Å². The van der Waals surface area contributed by atoms with Crippen molar-refractivity contribution in [1.82, 2.24) is 10.2 Å². The van der Waals surface area contributed by atoms with Crippen molar-refractivity contribution in [3.63, 3.8) is 0 Å². The van der Waals surface area contributed by atoms with Crippen LogP contribution < -0.4 is 5.32 Å². The lowest BCUT2D eigenvalue weighted by molar-refractivity contribution is 0.130. The number of benzene rings is 1. The first-order valence-corrected chi connectivity index (χ1v) is 8.09. The highest BCUT2D eigenvalue weighted by molar-refractivity contribution is 5.26. The van der Waals surface area contributed by atoms with Crippen molar-refractivity contribution in [2.75, 3.05) is 13.1 Å². The van der Waals surface area contributed by atoms with Crippen molar-refractivity contribution in [2.45, 2.75) is 65.1 Å². The molecule has 0 spiro atoms. The number of halogens is 1. The Balaban J connectivity index is 2.03. The van der Waals surface area contributed by atoms with Crippen LogP contribution in [0.15, 0.2) is 18.2 Å². The molecule has 1 aromatic rings. The van der Waals surface area contributed by atoms with Gasteiger partial charge in [-0.25, -0.2) is 4.39 Å². The first-order valence-electron chi connectivity index (χ1n) is 8.09. The number of nitrogens with zero attached hydrogens (tertiary/aromatic N) is 1. The molecule has 0 aliphatic carbocycles. The van der Waals surface area contributed by atoms with Crippen molar-refractivity contribution in [1.29, 1.82) is 0 Å². The van der Waals surface area contributed by atoms with E-state index in [9.17, 15) is 4.39 Å². The van der Waals surface area contributed by atoms with E-state index in [1.807, 2.05) is 6.07 Å². The van der Waals surface area contributed by atoms with E-state index in [2.05, 4.69) is 37.9 Å². The smallest absolute Gasteiger partial charge is 0.123 e. The predicted octanol–water partition coefficient (Wildman–Crippen LogP) is 3.88. The van der Waals surface area contributed by atoms with Gasteiger partial charge in [-0.05, 0) is 70.3 Å². The molecular formula is C18H29FN2. The molecule has 1 unspecified atom stereocenters. The maximum atomic E-state index is 13.5. The zero-order valence-electron chi connectivity index (χ0n) is 13.9. The Hall–Kier alpha value is -0.930. The normalized spacial score (nSPS) is 20.7. The van der Waals surface area contributed by atoms with E-state index in [0.29, 0.717) is 6.04 Å². The van der Waals surface area contributed by atoms with Gasteiger partial charge in [0.15, 0.2) is 0 Å². The number of hydrogen-bond donors (Lipinski definition) is 1. The summed E-state index contributed by atoms with van der Waals surface area (Å²) in [7, 11) is 0. The summed E-state index contributed by atoms with van der Waals surface area (Å²) in [5.74, 6) is -0.128. The zero-order chi connectivity index (χ0) is 15.5. The predicted molar refractivity (Wildman–Crippen MR) is 86.9 cm³/mol. The van der Waals surface area contributed by atoms with Gasteiger partial charge < -0.3 is 5.32 Å². The van der Waals surface area contributed by atoms with E-state index in [1.165, 1.54) is 24.8 Å². The largest absolute Gasteiger partial charge is 0.311 e. The van der Waals surface area contributed by atoms with Gasteiger partial charge in [0.25, 0.3) is 0 Å². The summed E-state index contributed by atoms with van der Waals surface area (Å²) < 4.78 is 13.5. The molecule has 1 aliphatic heterocycles. The number of likely N-dealkylation sites (tertiary alicyclic amines) is 1. The van der Waals surface area contributed by atoms with Gasteiger partial charge >= 0.3 is 0 Å². The van der Waals surface area contributed by atoms with Crippen LogP contribution in [0.1, 0.15) is 51.2 Å². The first-order chi connectivity index (χ1) is 9.85. The highest BCUT2D eigenvalue weighted by Crippen LogP contribution is 2.21. The fraction of sp³-hybridized carbons (Fsp3) is 0.667. The molecule has 1 aliphatic rings. The highest BCUT2D eigenvalue weighted by Gasteiger charge is 2.24. The number of nitrogens with one attached hydrogen (secondary N) is 1. The molecule has 118 valence electrons.